The summed E-state index contributed by atoms with van der Waals surface area (Å²) in [4.78, 5) is 29.0. The molecule has 0 aromatic heterocycles. The van der Waals surface area contributed by atoms with Crippen LogP contribution in [0.3, 0.4) is 0 Å². The molecule has 2 aliphatic heterocycles. The average molecular weight is 411 g/mol. The van der Waals surface area contributed by atoms with Crippen LogP contribution in [0.5, 0.6) is 11.5 Å². The molecule has 31 heavy (non-hydrogen) atoms. The Bertz CT molecular complexity index is 1170. The second-order valence-electron chi connectivity index (χ2n) is 8.38. The molecule has 1 aliphatic carbocycles. The maximum Gasteiger partial charge on any atom is 0.231 e. The summed E-state index contributed by atoms with van der Waals surface area (Å²) in [5, 5.41) is 0. The van der Waals surface area contributed by atoms with Crippen molar-refractivity contribution in [1.29, 1.82) is 0 Å². The minimum atomic E-state index is -0.411. The Labute approximate surface area is 180 Å². The first-order chi connectivity index (χ1) is 15.2. The highest BCUT2D eigenvalue weighted by molar-refractivity contribution is 6.06. The fraction of sp³-hybridized carbons (Fsp3) is 0.231. The lowest BCUT2D eigenvalue weighted by Crippen LogP contribution is -2.36. The Hall–Kier alpha value is -3.60. The third kappa shape index (κ3) is 2.84. The van der Waals surface area contributed by atoms with Crippen molar-refractivity contribution in [2.75, 3.05) is 13.3 Å². The Kier molecular flexibility index (Phi) is 4.10. The minimum Gasteiger partial charge on any atom is -0.454 e. The zero-order valence-corrected chi connectivity index (χ0v) is 16.9. The van der Waals surface area contributed by atoms with Crippen molar-refractivity contribution < 1.29 is 19.1 Å². The number of fused-ring (bicyclic) bond motifs is 3. The van der Waals surface area contributed by atoms with Crippen molar-refractivity contribution in [1.82, 2.24) is 4.90 Å². The summed E-state index contributed by atoms with van der Waals surface area (Å²) in [5.74, 6) is 0.330. The fourth-order valence-corrected chi connectivity index (χ4v) is 5.26. The van der Waals surface area contributed by atoms with E-state index in [2.05, 4.69) is 0 Å². The van der Waals surface area contributed by atoms with Crippen LogP contribution in [-0.2, 0) is 11.3 Å². The van der Waals surface area contributed by atoms with E-state index in [1.807, 2.05) is 71.6 Å². The summed E-state index contributed by atoms with van der Waals surface area (Å²) in [6.45, 7) is 1.11. The average Bonchev–Trinajstić information content (AvgIpc) is 3.39. The van der Waals surface area contributed by atoms with Gasteiger partial charge in [-0.1, -0.05) is 60.7 Å². The molecule has 0 spiro atoms. The number of Topliss-reactive ketones (excluding diaryl/α,β-unsaturated/α-hetero) is 1. The highest BCUT2D eigenvalue weighted by Crippen LogP contribution is 2.50. The molecule has 1 saturated heterocycles. The number of hydrogen-bond donors (Lipinski definition) is 0. The molecule has 0 unspecified atom stereocenters. The van der Waals surface area contributed by atoms with Crippen LogP contribution >= 0.6 is 0 Å². The van der Waals surface area contributed by atoms with E-state index in [4.69, 9.17) is 9.47 Å². The first kappa shape index (κ1) is 18.2. The molecule has 0 radical (unpaired) electrons. The zero-order valence-electron chi connectivity index (χ0n) is 16.9. The van der Waals surface area contributed by atoms with Crippen LogP contribution in [-0.4, -0.2) is 29.9 Å². The Morgan fingerprint density at radius 2 is 1.55 bits per heavy atom. The van der Waals surface area contributed by atoms with Gasteiger partial charge in [-0.05, 0) is 28.8 Å². The lowest BCUT2D eigenvalue weighted by molar-refractivity contribution is -0.132. The van der Waals surface area contributed by atoms with E-state index in [9.17, 15) is 9.59 Å². The Morgan fingerprint density at radius 3 is 2.29 bits per heavy atom. The van der Waals surface area contributed by atoms with E-state index in [1.54, 1.807) is 6.07 Å². The molecular weight excluding hydrogens is 390 g/mol. The van der Waals surface area contributed by atoms with Crippen molar-refractivity contribution in [3.05, 3.63) is 95.1 Å². The van der Waals surface area contributed by atoms with Crippen molar-refractivity contribution in [3.63, 3.8) is 0 Å². The summed E-state index contributed by atoms with van der Waals surface area (Å²) < 4.78 is 11.1. The Morgan fingerprint density at radius 1 is 0.871 bits per heavy atom. The van der Waals surface area contributed by atoms with Crippen LogP contribution in [0, 0.1) is 11.8 Å². The van der Waals surface area contributed by atoms with Crippen LogP contribution in [0.2, 0.25) is 0 Å². The van der Waals surface area contributed by atoms with Gasteiger partial charge in [0.15, 0.2) is 17.3 Å². The SMILES string of the molecule is O=C1c2cc3c(cc2[C@H](c2ccccc2)[C@H]2C(=O)N(Cc4ccccc4)C[C@@H]12)OCO3. The van der Waals surface area contributed by atoms with Crippen molar-refractivity contribution >= 4 is 11.7 Å². The van der Waals surface area contributed by atoms with E-state index in [0.717, 1.165) is 16.7 Å². The van der Waals surface area contributed by atoms with Gasteiger partial charge in [-0.15, -0.1) is 0 Å². The molecule has 1 fully saturated rings. The van der Waals surface area contributed by atoms with Gasteiger partial charge >= 0.3 is 0 Å². The predicted octanol–water partition coefficient (Wildman–Crippen LogP) is 4.02. The molecule has 1 amide bonds. The van der Waals surface area contributed by atoms with E-state index in [-0.39, 0.29) is 30.3 Å². The molecule has 5 heteroatoms. The summed E-state index contributed by atoms with van der Waals surface area (Å²) in [6, 6.07) is 23.6. The number of hydrogen-bond acceptors (Lipinski definition) is 4. The number of benzene rings is 3. The zero-order chi connectivity index (χ0) is 20.9. The van der Waals surface area contributed by atoms with Crippen LogP contribution in [0.4, 0.5) is 0 Å². The lowest BCUT2D eigenvalue weighted by Gasteiger charge is -2.33. The van der Waals surface area contributed by atoms with Gasteiger partial charge < -0.3 is 14.4 Å². The molecular formula is C26H21NO4. The van der Waals surface area contributed by atoms with Crippen LogP contribution in [0.25, 0.3) is 0 Å². The third-order valence-corrected chi connectivity index (χ3v) is 6.66. The highest BCUT2D eigenvalue weighted by atomic mass is 16.7. The number of amides is 1. The first-order valence-electron chi connectivity index (χ1n) is 10.6. The number of likely N-dealkylation sites (tertiary alicyclic amines) is 1. The quantitative estimate of drug-likeness (QED) is 0.653. The second kappa shape index (κ2) is 6.98. The molecule has 154 valence electrons. The topological polar surface area (TPSA) is 55.8 Å². The van der Waals surface area contributed by atoms with Gasteiger partial charge in [0.25, 0.3) is 0 Å². The normalized spacial score (nSPS) is 23.6. The van der Waals surface area contributed by atoms with Gasteiger partial charge in [0.2, 0.25) is 12.7 Å². The van der Waals surface area contributed by atoms with Gasteiger partial charge in [0.1, 0.15) is 0 Å². The van der Waals surface area contributed by atoms with E-state index < -0.39 is 5.92 Å². The van der Waals surface area contributed by atoms with Crippen molar-refractivity contribution in [2.24, 2.45) is 11.8 Å². The highest BCUT2D eigenvalue weighted by Gasteiger charge is 2.53. The standard InChI is InChI=1S/C26H21NO4/c28-25-19-12-22-21(30-15-31-22)11-18(19)23(17-9-5-2-6-10-17)24-20(25)14-27(26(24)29)13-16-7-3-1-4-8-16/h1-12,20,23-24H,13-15H2/t20-,23+,24+/m1/s1. The van der Waals surface area contributed by atoms with Gasteiger partial charge in [-0.25, -0.2) is 0 Å². The van der Waals surface area contributed by atoms with E-state index in [1.165, 1.54) is 0 Å². The van der Waals surface area contributed by atoms with Crippen LogP contribution in [0.15, 0.2) is 72.8 Å². The van der Waals surface area contributed by atoms with E-state index in [0.29, 0.717) is 30.2 Å². The summed E-state index contributed by atoms with van der Waals surface area (Å²) in [5.41, 5.74) is 3.61. The molecule has 0 bridgehead atoms. The van der Waals surface area contributed by atoms with Crippen molar-refractivity contribution in [3.8, 4) is 11.5 Å². The minimum absolute atomic E-state index is 0.0226. The summed E-state index contributed by atoms with van der Waals surface area (Å²) >= 11 is 0. The fourth-order valence-electron chi connectivity index (χ4n) is 5.26. The second-order valence-corrected chi connectivity index (χ2v) is 8.38. The van der Waals surface area contributed by atoms with Gasteiger partial charge in [-0.3, -0.25) is 9.59 Å². The number of ether oxygens (including phenoxy) is 2. The molecule has 6 rings (SSSR count). The van der Waals surface area contributed by atoms with Crippen LogP contribution in [0.1, 0.15) is 33.0 Å². The van der Waals surface area contributed by atoms with Gasteiger partial charge in [-0.2, -0.15) is 0 Å². The molecule has 0 N–H and O–H groups in total. The molecule has 3 aromatic rings. The third-order valence-electron chi connectivity index (χ3n) is 6.66. The molecule has 3 atom stereocenters. The maximum absolute atomic E-state index is 13.6. The van der Waals surface area contributed by atoms with Gasteiger partial charge in [0, 0.05) is 24.6 Å². The molecule has 5 nitrogen and oxygen atoms in total. The largest absolute Gasteiger partial charge is 0.454 e. The van der Waals surface area contributed by atoms with Crippen molar-refractivity contribution in [2.45, 2.75) is 12.5 Å². The number of rotatable bonds is 3. The van der Waals surface area contributed by atoms with Gasteiger partial charge in [0.05, 0.1) is 11.8 Å². The number of ketones is 1. The number of carbonyl (C=O) groups is 2. The molecule has 0 saturated carbocycles. The Balaban J connectivity index is 1.46. The monoisotopic (exact) mass is 411 g/mol. The van der Waals surface area contributed by atoms with Crippen LogP contribution < -0.4 is 9.47 Å². The molecule has 2 heterocycles. The molecule has 3 aromatic carbocycles. The lowest BCUT2D eigenvalue weighted by atomic mass is 9.67. The number of carbonyl (C=O) groups excluding carboxylic acids is 2. The predicted molar refractivity (Wildman–Crippen MR) is 114 cm³/mol. The first-order valence-corrected chi connectivity index (χ1v) is 10.6. The molecule has 3 aliphatic rings. The maximum atomic E-state index is 13.6. The smallest absolute Gasteiger partial charge is 0.231 e. The summed E-state index contributed by atoms with van der Waals surface area (Å²) in [6.07, 6.45) is 0. The number of nitrogens with zero attached hydrogens (tertiary/aromatic N) is 1. The van der Waals surface area contributed by atoms with E-state index >= 15 is 0 Å². The summed E-state index contributed by atoms with van der Waals surface area (Å²) in [7, 11) is 0.